The lowest BCUT2D eigenvalue weighted by atomic mass is 10.1. The number of nitrogens with zero attached hydrogens (tertiary/aromatic N) is 3. The van der Waals surface area contributed by atoms with E-state index in [1.165, 1.54) is 25.7 Å². The van der Waals surface area contributed by atoms with Crippen molar-refractivity contribution < 1.29 is 9.26 Å². The molecule has 0 radical (unpaired) electrons. The van der Waals surface area contributed by atoms with Gasteiger partial charge in [0.05, 0.1) is 12.6 Å². The standard InChI is InChI=1S/C18H30N4O2/c1-2-19-18(20-13-16-9-12-24-21-16)22-10-7-17(8-11-22)23-14-15-5-3-4-6-15/h9,12,15,17H,2-8,10-11,13-14H2,1H3,(H,19,20). The Balaban J connectivity index is 1.44. The number of likely N-dealkylation sites (tertiary alicyclic amines) is 1. The molecule has 134 valence electrons. The molecule has 0 bridgehead atoms. The van der Waals surface area contributed by atoms with Gasteiger partial charge in [-0.3, -0.25) is 0 Å². The number of rotatable bonds is 6. The summed E-state index contributed by atoms with van der Waals surface area (Å²) in [5, 5.41) is 7.30. The van der Waals surface area contributed by atoms with Crippen LogP contribution in [0.25, 0.3) is 0 Å². The summed E-state index contributed by atoms with van der Waals surface area (Å²) in [6.07, 6.45) is 9.67. The van der Waals surface area contributed by atoms with Gasteiger partial charge in [-0.2, -0.15) is 0 Å². The summed E-state index contributed by atoms with van der Waals surface area (Å²) < 4.78 is 11.0. The van der Waals surface area contributed by atoms with E-state index in [9.17, 15) is 0 Å². The van der Waals surface area contributed by atoms with Gasteiger partial charge in [0, 0.05) is 32.3 Å². The average molecular weight is 334 g/mol. The molecule has 6 heteroatoms. The predicted octanol–water partition coefficient (Wildman–Crippen LogP) is 2.81. The van der Waals surface area contributed by atoms with Gasteiger partial charge in [-0.25, -0.2) is 4.99 Å². The Morgan fingerprint density at radius 3 is 2.79 bits per heavy atom. The number of piperidine rings is 1. The zero-order valence-corrected chi connectivity index (χ0v) is 14.7. The summed E-state index contributed by atoms with van der Waals surface area (Å²) in [5.74, 6) is 1.78. The van der Waals surface area contributed by atoms with Gasteiger partial charge in [0.15, 0.2) is 5.96 Å². The summed E-state index contributed by atoms with van der Waals surface area (Å²) >= 11 is 0. The third-order valence-electron chi connectivity index (χ3n) is 5.00. The van der Waals surface area contributed by atoms with Gasteiger partial charge >= 0.3 is 0 Å². The Morgan fingerprint density at radius 2 is 2.12 bits per heavy atom. The maximum atomic E-state index is 6.16. The molecular formula is C18H30N4O2. The minimum atomic E-state index is 0.417. The summed E-state index contributed by atoms with van der Waals surface area (Å²) in [4.78, 5) is 7.01. The highest BCUT2D eigenvalue weighted by Gasteiger charge is 2.23. The van der Waals surface area contributed by atoms with E-state index >= 15 is 0 Å². The summed E-state index contributed by atoms with van der Waals surface area (Å²) in [5.41, 5.74) is 0.861. The van der Waals surface area contributed by atoms with Gasteiger partial charge in [0.25, 0.3) is 0 Å². The van der Waals surface area contributed by atoms with Crippen LogP contribution in [0.2, 0.25) is 0 Å². The SMILES string of the molecule is CCNC(=NCc1ccon1)N1CCC(OCC2CCCC2)CC1. The normalized spacial score (nSPS) is 20.7. The van der Waals surface area contributed by atoms with Crippen molar-refractivity contribution in [2.75, 3.05) is 26.2 Å². The van der Waals surface area contributed by atoms with Crippen LogP contribution in [0.3, 0.4) is 0 Å². The van der Waals surface area contributed by atoms with Crippen molar-refractivity contribution in [2.24, 2.45) is 10.9 Å². The third kappa shape index (κ3) is 4.97. The number of nitrogens with one attached hydrogen (secondary N) is 1. The molecule has 2 fully saturated rings. The van der Waals surface area contributed by atoms with E-state index < -0.39 is 0 Å². The number of hydrogen-bond acceptors (Lipinski definition) is 4. The molecule has 1 saturated carbocycles. The van der Waals surface area contributed by atoms with E-state index in [0.717, 1.165) is 56.7 Å². The maximum Gasteiger partial charge on any atom is 0.194 e. The highest BCUT2D eigenvalue weighted by molar-refractivity contribution is 5.80. The second-order valence-corrected chi connectivity index (χ2v) is 6.83. The van der Waals surface area contributed by atoms with E-state index in [1.807, 2.05) is 6.07 Å². The number of aromatic nitrogens is 1. The zero-order valence-electron chi connectivity index (χ0n) is 14.7. The van der Waals surface area contributed by atoms with Gasteiger partial charge in [-0.05, 0) is 38.5 Å². The number of aliphatic imine (C=N–C) groups is 1. The smallest absolute Gasteiger partial charge is 0.194 e. The third-order valence-corrected chi connectivity index (χ3v) is 5.00. The van der Waals surface area contributed by atoms with Crippen LogP contribution >= 0.6 is 0 Å². The lowest BCUT2D eigenvalue weighted by Gasteiger charge is -2.34. The van der Waals surface area contributed by atoms with E-state index in [4.69, 9.17) is 9.26 Å². The van der Waals surface area contributed by atoms with E-state index in [1.54, 1.807) is 6.26 Å². The highest BCUT2D eigenvalue weighted by Crippen LogP contribution is 2.26. The van der Waals surface area contributed by atoms with E-state index in [2.05, 4.69) is 27.3 Å². The Hall–Kier alpha value is -1.56. The zero-order chi connectivity index (χ0) is 16.6. The molecule has 1 aliphatic heterocycles. The van der Waals surface area contributed by atoms with Crippen molar-refractivity contribution in [3.63, 3.8) is 0 Å². The lowest BCUT2D eigenvalue weighted by molar-refractivity contribution is 0.00101. The van der Waals surface area contributed by atoms with Crippen LogP contribution in [-0.4, -0.2) is 48.4 Å². The Kier molecular flexibility index (Phi) is 6.52. The Labute approximate surface area is 144 Å². The molecule has 0 spiro atoms. The molecule has 1 aliphatic carbocycles. The summed E-state index contributed by atoms with van der Waals surface area (Å²) in [6, 6.07) is 1.86. The molecule has 0 amide bonds. The quantitative estimate of drug-likeness (QED) is 0.640. The fraction of sp³-hybridized carbons (Fsp3) is 0.778. The minimum absolute atomic E-state index is 0.417. The van der Waals surface area contributed by atoms with E-state index in [0.29, 0.717) is 12.6 Å². The topological polar surface area (TPSA) is 62.9 Å². The molecule has 0 atom stereocenters. The molecular weight excluding hydrogens is 304 g/mol. The van der Waals surface area contributed by atoms with Gasteiger partial charge in [0.1, 0.15) is 12.0 Å². The molecule has 1 N–H and O–H groups in total. The molecule has 0 aromatic carbocycles. The first-order chi connectivity index (χ1) is 11.8. The minimum Gasteiger partial charge on any atom is -0.378 e. The van der Waals surface area contributed by atoms with Crippen LogP contribution in [0.4, 0.5) is 0 Å². The molecule has 1 aromatic rings. The number of ether oxygens (including phenoxy) is 1. The lowest BCUT2D eigenvalue weighted by Crippen LogP contribution is -2.47. The van der Waals surface area contributed by atoms with Crippen LogP contribution in [0.1, 0.15) is 51.1 Å². The van der Waals surface area contributed by atoms with Crippen molar-refractivity contribution >= 4 is 5.96 Å². The fourth-order valence-corrected chi connectivity index (χ4v) is 3.58. The van der Waals surface area contributed by atoms with Crippen molar-refractivity contribution in [1.29, 1.82) is 0 Å². The van der Waals surface area contributed by atoms with Gasteiger partial charge < -0.3 is 19.5 Å². The fourth-order valence-electron chi connectivity index (χ4n) is 3.58. The summed E-state index contributed by atoms with van der Waals surface area (Å²) in [7, 11) is 0. The molecule has 3 rings (SSSR count). The highest BCUT2D eigenvalue weighted by atomic mass is 16.5. The Bertz CT molecular complexity index is 489. The first kappa shape index (κ1) is 17.3. The van der Waals surface area contributed by atoms with Gasteiger partial charge in [0.2, 0.25) is 0 Å². The van der Waals surface area contributed by atoms with E-state index in [-0.39, 0.29) is 0 Å². The molecule has 6 nitrogen and oxygen atoms in total. The molecule has 1 aromatic heterocycles. The predicted molar refractivity (Wildman–Crippen MR) is 93.8 cm³/mol. The van der Waals surface area contributed by atoms with Crippen LogP contribution in [0.15, 0.2) is 21.8 Å². The summed E-state index contributed by atoms with van der Waals surface area (Å²) in [6.45, 7) is 6.49. The van der Waals surface area contributed by atoms with Crippen LogP contribution in [0.5, 0.6) is 0 Å². The average Bonchev–Trinajstić information content (AvgIpc) is 3.31. The molecule has 2 aliphatic rings. The second kappa shape index (κ2) is 9.06. The van der Waals surface area contributed by atoms with Crippen LogP contribution in [-0.2, 0) is 11.3 Å². The Morgan fingerprint density at radius 1 is 1.33 bits per heavy atom. The van der Waals surface area contributed by atoms with Crippen molar-refractivity contribution in [3.8, 4) is 0 Å². The molecule has 24 heavy (non-hydrogen) atoms. The largest absolute Gasteiger partial charge is 0.378 e. The van der Waals surface area contributed by atoms with Crippen molar-refractivity contribution in [1.82, 2.24) is 15.4 Å². The second-order valence-electron chi connectivity index (χ2n) is 6.83. The van der Waals surface area contributed by atoms with Crippen LogP contribution < -0.4 is 5.32 Å². The number of guanidine groups is 1. The maximum absolute atomic E-state index is 6.16. The molecule has 0 unspecified atom stereocenters. The van der Waals surface area contributed by atoms with Crippen molar-refractivity contribution in [3.05, 3.63) is 18.0 Å². The van der Waals surface area contributed by atoms with Gasteiger partial charge in [-0.15, -0.1) is 0 Å². The molecule has 2 heterocycles. The monoisotopic (exact) mass is 334 g/mol. The first-order valence-corrected chi connectivity index (χ1v) is 9.39. The van der Waals surface area contributed by atoms with Crippen LogP contribution in [0, 0.1) is 5.92 Å². The number of hydrogen-bond donors (Lipinski definition) is 1. The first-order valence-electron chi connectivity index (χ1n) is 9.39. The van der Waals surface area contributed by atoms with Crippen molar-refractivity contribution in [2.45, 2.75) is 58.1 Å². The van der Waals surface area contributed by atoms with Gasteiger partial charge in [-0.1, -0.05) is 18.0 Å². The molecule has 1 saturated heterocycles.